The van der Waals surface area contributed by atoms with Crippen LogP contribution in [0, 0.1) is 18.8 Å². The van der Waals surface area contributed by atoms with Crippen LogP contribution in [0.15, 0.2) is 42.6 Å². The monoisotopic (exact) mass is 445 g/mol. The first-order valence-electron chi connectivity index (χ1n) is 11.1. The van der Waals surface area contributed by atoms with E-state index in [2.05, 4.69) is 71.3 Å². The van der Waals surface area contributed by atoms with Gasteiger partial charge in [-0.05, 0) is 69.5 Å². The molecule has 1 aliphatic heterocycles. The van der Waals surface area contributed by atoms with Crippen LogP contribution in [-0.2, 0) is 0 Å². The minimum atomic E-state index is -0.511. The third kappa shape index (κ3) is 4.69. The van der Waals surface area contributed by atoms with Crippen molar-refractivity contribution in [1.29, 1.82) is 0 Å². The van der Waals surface area contributed by atoms with E-state index >= 15 is 0 Å². The highest BCUT2D eigenvalue weighted by atomic mass is 32.2. The zero-order chi connectivity index (χ0) is 22.9. The van der Waals surface area contributed by atoms with Gasteiger partial charge in [0.1, 0.15) is 0 Å². The van der Waals surface area contributed by atoms with Gasteiger partial charge < -0.3 is 11.1 Å². The zero-order valence-electron chi connectivity index (χ0n) is 19.4. The van der Waals surface area contributed by atoms with Crippen LogP contribution < -0.4 is 11.1 Å². The maximum Gasteiger partial charge on any atom is 0.153 e. The van der Waals surface area contributed by atoms with Gasteiger partial charge in [-0.25, -0.2) is 0 Å². The number of nitrogens with zero attached hydrogens (tertiary/aromatic N) is 2. The molecule has 32 heavy (non-hydrogen) atoms. The standard InChI is InChI=1S/C26H31N5S/c1-6-21-17(3)29-25-22(23(30-31-25)20-9-7-8-14-28-20)24(32-21)19-11-10-18(15-16(19)2)12-13-26(4,5)27/h7-11,14-15,17,21,24H,6,27H2,1-5H3,(H2,29,30,31)/t17-,21?,24-/m0/s1. The molecule has 2 aromatic heterocycles. The second kappa shape index (κ2) is 9.01. The highest BCUT2D eigenvalue weighted by molar-refractivity contribution is 8.00. The van der Waals surface area contributed by atoms with Crippen LogP contribution in [0.2, 0.25) is 0 Å². The summed E-state index contributed by atoms with van der Waals surface area (Å²) in [5.74, 6) is 7.27. The highest BCUT2D eigenvalue weighted by Crippen LogP contribution is 2.49. The van der Waals surface area contributed by atoms with Crippen LogP contribution in [0.4, 0.5) is 5.82 Å². The largest absolute Gasteiger partial charge is 0.365 e. The van der Waals surface area contributed by atoms with E-state index in [4.69, 9.17) is 5.73 Å². The number of anilines is 1. The summed E-state index contributed by atoms with van der Waals surface area (Å²) in [7, 11) is 0. The van der Waals surface area contributed by atoms with Crippen molar-refractivity contribution in [2.45, 2.75) is 63.1 Å². The van der Waals surface area contributed by atoms with Gasteiger partial charge in [-0.2, -0.15) is 5.10 Å². The van der Waals surface area contributed by atoms with E-state index in [1.165, 1.54) is 16.7 Å². The number of nitrogens with two attached hydrogens (primary N) is 1. The van der Waals surface area contributed by atoms with Crippen molar-refractivity contribution in [3.05, 3.63) is 64.8 Å². The van der Waals surface area contributed by atoms with Crippen LogP contribution in [0.25, 0.3) is 11.4 Å². The maximum atomic E-state index is 6.04. The molecule has 0 radical (unpaired) electrons. The average Bonchev–Trinajstić information content (AvgIpc) is 3.11. The molecule has 1 aliphatic rings. The number of aryl methyl sites for hydroxylation is 1. The van der Waals surface area contributed by atoms with Crippen LogP contribution in [-0.4, -0.2) is 32.0 Å². The summed E-state index contributed by atoms with van der Waals surface area (Å²) in [5.41, 5.74) is 12.1. The molecule has 5 nitrogen and oxygen atoms in total. The Kier molecular flexibility index (Phi) is 6.32. The van der Waals surface area contributed by atoms with Crippen LogP contribution in [0.1, 0.15) is 61.6 Å². The Morgan fingerprint density at radius 3 is 2.69 bits per heavy atom. The summed E-state index contributed by atoms with van der Waals surface area (Å²) in [5, 5.41) is 12.2. The van der Waals surface area contributed by atoms with Gasteiger partial charge in [0.25, 0.3) is 0 Å². The molecule has 0 saturated heterocycles. The Morgan fingerprint density at radius 2 is 2.03 bits per heavy atom. The number of aromatic nitrogens is 3. The molecule has 1 unspecified atom stereocenters. The number of pyridine rings is 1. The summed E-state index contributed by atoms with van der Waals surface area (Å²) in [6.45, 7) is 10.5. The minimum Gasteiger partial charge on any atom is -0.365 e. The maximum absolute atomic E-state index is 6.04. The molecule has 0 bridgehead atoms. The molecule has 0 fully saturated rings. The van der Waals surface area contributed by atoms with Gasteiger partial charge >= 0.3 is 0 Å². The van der Waals surface area contributed by atoms with Crippen molar-refractivity contribution >= 4 is 17.6 Å². The number of benzene rings is 1. The van der Waals surface area contributed by atoms with Crippen LogP contribution in [0.3, 0.4) is 0 Å². The lowest BCUT2D eigenvalue weighted by Crippen LogP contribution is -2.29. The lowest BCUT2D eigenvalue weighted by molar-refractivity contribution is 0.680. The molecule has 3 atom stereocenters. The molecule has 0 saturated carbocycles. The van der Waals surface area contributed by atoms with E-state index < -0.39 is 5.54 Å². The van der Waals surface area contributed by atoms with Crippen molar-refractivity contribution in [3.8, 4) is 23.2 Å². The number of hydrogen-bond acceptors (Lipinski definition) is 5. The predicted octanol–water partition coefficient (Wildman–Crippen LogP) is 5.28. The Morgan fingerprint density at radius 1 is 1.22 bits per heavy atom. The molecule has 166 valence electrons. The second-order valence-electron chi connectivity index (χ2n) is 9.01. The van der Waals surface area contributed by atoms with Crippen molar-refractivity contribution in [2.24, 2.45) is 5.73 Å². The molecular weight excluding hydrogens is 414 g/mol. The van der Waals surface area contributed by atoms with Gasteiger partial charge in [-0.1, -0.05) is 30.9 Å². The topological polar surface area (TPSA) is 79.6 Å². The lowest BCUT2D eigenvalue weighted by atomic mass is 9.96. The number of H-pyrrole nitrogens is 1. The van der Waals surface area contributed by atoms with E-state index in [1.54, 1.807) is 0 Å². The summed E-state index contributed by atoms with van der Waals surface area (Å²) in [6, 6.07) is 12.8. The summed E-state index contributed by atoms with van der Waals surface area (Å²) in [6.07, 6.45) is 2.90. The SMILES string of the molecule is CCC1S[C@@H](c2ccc(C#CC(C)(C)N)cc2C)c2c(n[nH]c2-c2ccccn2)N[C@H]1C. The fourth-order valence-electron chi connectivity index (χ4n) is 4.05. The average molecular weight is 446 g/mol. The van der Waals surface area contributed by atoms with Gasteiger partial charge in [0, 0.05) is 28.6 Å². The molecule has 1 aromatic carbocycles. The Bertz CT molecular complexity index is 1150. The molecule has 4 rings (SSSR count). The molecule has 0 amide bonds. The normalized spacial score (nSPS) is 20.5. The Hall–Kier alpha value is -2.75. The van der Waals surface area contributed by atoms with Crippen molar-refractivity contribution < 1.29 is 0 Å². The number of nitrogens with one attached hydrogen (secondary N) is 2. The van der Waals surface area contributed by atoms with Crippen LogP contribution >= 0.6 is 11.8 Å². The van der Waals surface area contributed by atoms with Crippen molar-refractivity contribution in [1.82, 2.24) is 15.2 Å². The zero-order valence-corrected chi connectivity index (χ0v) is 20.2. The fourth-order valence-corrected chi connectivity index (χ4v) is 5.67. The summed E-state index contributed by atoms with van der Waals surface area (Å²) < 4.78 is 0. The van der Waals surface area contributed by atoms with Gasteiger partial charge in [-0.3, -0.25) is 10.1 Å². The number of thioether (sulfide) groups is 1. The summed E-state index contributed by atoms with van der Waals surface area (Å²) in [4.78, 5) is 4.59. The third-order valence-electron chi connectivity index (χ3n) is 5.70. The Labute approximate surface area is 195 Å². The van der Waals surface area contributed by atoms with E-state index in [0.29, 0.717) is 11.3 Å². The minimum absolute atomic E-state index is 0.135. The van der Waals surface area contributed by atoms with E-state index in [1.807, 2.05) is 50.0 Å². The lowest BCUT2D eigenvalue weighted by Gasteiger charge is -2.24. The van der Waals surface area contributed by atoms with Crippen molar-refractivity contribution in [3.63, 3.8) is 0 Å². The molecule has 0 spiro atoms. The van der Waals surface area contributed by atoms with E-state index in [0.717, 1.165) is 29.2 Å². The Balaban J connectivity index is 1.83. The van der Waals surface area contributed by atoms with Gasteiger partial charge in [0.2, 0.25) is 0 Å². The first-order valence-corrected chi connectivity index (χ1v) is 12.1. The number of rotatable bonds is 3. The van der Waals surface area contributed by atoms with Gasteiger partial charge in [0.15, 0.2) is 5.82 Å². The van der Waals surface area contributed by atoms with Gasteiger partial charge in [0.05, 0.1) is 22.2 Å². The van der Waals surface area contributed by atoms with Gasteiger partial charge in [-0.15, -0.1) is 11.8 Å². The third-order valence-corrected chi connectivity index (χ3v) is 7.56. The molecule has 3 aromatic rings. The second-order valence-corrected chi connectivity index (χ2v) is 10.4. The number of fused-ring (bicyclic) bond motifs is 1. The first kappa shape index (κ1) is 22.4. The first-order chi connectivity index (χ1) is 15.3. The van der Waals surface area contributed by atoms with E-state index in [-0.39, 0.29) is 5.25 Å². The van der Waals surface area contributed by atoms with E-state index in [9.17, 15) is 0 Å². The number of aromatic amines is 1. The smallest absolute Gasteiger partial charge is 0.153 e. The number of hydrogen-bond donors (Lipinski definition) is 3. The predicted molar refractivity (Wildman–Crippen MR) is 135 cm³/mol. The fraction of sp³-hybridized carbons (Fsp3) is 0.385. The molecule has 0 aliphatic carbocycles. The highest BCUT2D eigenvalue weighted by Gasteiger charge is 2.34. The molecule has 3 heterocycles. The van der Waals surface area contributed by atoms with Crippen LogP contribution in [0.5, 0.6) is 0 Å². The quantitative estimate of drug-likeness (QED) is 0.478. The molecular formula is C26H31N5S. The molecule has 6 heteroatoms. The van der Waals surface area contributed by atoms with Crippen molar-refractivity contribution in [2.75, 3.05) is 5.32 Å². The summed E-state index contributed by atoms with van der Waals surface area (Å²) >= 11 is 2.00. The molecule has 4 N–H and O–H groups in total.